The zero-order chi connectivity index (χ0) is 17.7. The highest BCUT2D eigenvalue weighted by Crippen LogP contribution is 2.40. The van der Waals surface area contributed by atoms with Crippen LogP contribution in [0.25, 0.3) is 11.1 Å². The second-order valence-electron chi connectivity index (χ2n) is 7.11. The lowest BCUT2D eigenvalue weighted by molar-refractivity contribution is 0.0917. The predicted molar refractivity (Wildman–Crippen MR) is 95.4 cm³/mol. The van der Waals surface area contributed by atoms with Gasteiger partial charge in [0.15, 0.2) is 0 Å². The molecular weight excluding hydrogens is 330 g/mol. The predicted octanol–water partition coefficient (Wildman–Crippen LogP) is 3.14. The largest absolute Gasteiger partial charge is 0.491 e. The summed E-state index contributed by atoms with van der Waals surface area (Å²) < 4.78 is 11.1. The van der Waals surface area contributed by atoms with Gasteiger partial charge in [-0.3, -0.25) is 4.79 Å². The van der Waals surface area contributed by atoms with Crippen LogP contribution in [0.1, 0.15) is 46.1 Å². The molecule has 1 saturated carbocycles. The van der Waals surface area contributed by atoms with E-state index >= 15 is 0 Å². The molecule has 0 bridgehead atoms. The highest BCUT2D eigenvalue weighted by atomic mass is 16.5. The molecule has 132 valence electrons. The molecule has 0 saturated heterocycles. The molecular formula is C20H19N3O3. The minimum atomic E-state index is -0.126. The first-order chi connectivity index (χ1) is 12.7. The molecule has 26 heavy (non-hydrogen) atoms. The number of rotatable bonds is 3. The lowest BCUT2D eigenvalue weighted by atomic mass is 10.0. The van der Waals surface area contributed by atoms with E-state index in [1.807, 2.05) is 37.3 Å². The van der Waals surface area contributed by atoms with Crippen LogP contribution < -0.4 is 10.1 Å². The number of nitrogens with one attached hydrogen (secondary N) is 1. The summed E-state index contributed by atoms with van der Waals surface area (Å²) in [6.07, 6.45) is 2.98. The molecule has 2 aliphatic rings. The third kappa shape index (κ3) is 2.62. The van der Waals surface area contributed by atoms with Crippen LogP contribution in [0.15, 0.2) is 34.9 Å². The number of amides is 1. The zero-order valence-electron chi connectivity index (χ0n) is 14.5. The molecule has 0 unspecified atom stereocenters. The minimum Gasteiger partial charge on any atom is -0.491 e. The Balaban J connectivity index is 1.44. The summed E-state index contributed by atoms with van der Waals surface area (Å²) in [4.78, 5) is 17.6. The van der Waals surface area contributed by atoms with E-state index in [0.29, 0.717) is 34.9 Å². The van der Waals surface area contributed by atoms with Gasteiger partial charge in [0.2, 0.25) is 0 Å². The van der Waals surface area contributed by atoms with E-state index in [9.17, 15) is 4.79 Å². The Bertz CT molecular complexity index is 1010. The summed E-state index contributed by atoms with van der Waals surface area (Å²) in [7, 11) is 0. The third-order valence-corrected chi connectivity index (χ3v) is 5.09. The van der Waals surface area contributed by atoms with Crippen LogP contribution in [0.5, 0.6) is 5.75 Å². The van der Waals surface area contributed by atoms with Crippen molar-refractivity contribution >= 4 is 17.0 Å². The van der Waals surface area contributed by atoms with Gasteiger partial charge in [0.25, 0.3) is 11.6 Å². The quantitative estimate of drug-likeness (QED) is 0.786. The maximum Gasteiger partial charge on any atom is 0.259 e. The van der Waals surface area contributed by atoms with Crippen molar-refractivity contribution in [2.45, 2.75) is 38.1 Å². The van der Waals surface area contributed by atoms with Gasteiger partial charge in [-0.15, -0.1) is 0 Å². The highest BCUT2D eigenvalue weighted by molar-refractivity contribution is 6.06. The Morgan fingerprint density at radius 1 is 1.27 bits per heavy atom. The SMILES string of the molecule is Cc1noc2nc(C3CC3)cc(C(=O)N[C@@H]3COc4ccccc4C3)c12. The van der Waals surface area contributed by atoms with Crippen LogP contribution in [0, 0.1) is 6.92 Å². The van der Waals surface area contributed by atoms with Gasteiger partial charge in [0.05, 0.1) is 22.7 Å². The topological polar surface area (TPSA) is 77.2 Å². The van der Waals surface area contributed by atoms with Crippen molar-refractivity contribution in [1.82, 2.24) is 15.5 Å². The average Bonchev–Trinajstić information content (AvgIpc) is 3.45. The summed E-state index contributed by atoms with van der Waals surface area (Å²) in [5.41, 5.74) is 3.76. The number of carbonyl (C=O) groups is 1. The molecule has 6 nitrogen and oxygen atoms in total. The van der Waals surface area contributed by atoms with Crippen molar-refractivity contribution in [3.05, 3.63) is 52.8 Å². The number of hydrogen-bond acceptors (Lipinski definition) is 5. The first kappa shape index (κ1) is 15.4. The van der Waals surface area contributed by atoms with Crippen molar-refractivity contribution < 1.29 is 14.1 Å². The number of ether oxygens (including phenoxy) is 1. The van der Waals surface area contributed by atoms with E-state index in [0.717, 1.165) is 36.3 Å². The molecule has 1 aliphatic carbocycles. The minimum absolute atomic E-state index is 0.0647. The van der Waals surface area contributed by atoms with Crippen molar-refractivity contribution in [2.75, 3.05) is 6.61 Å². The second kappa shape index (κ2) is 5.83. The maximum absolute atomic E-state index is 13.0. The normalized spacial score (nSPS) is 19.0. The van der Waals surface area contributed by atoms with Crippen molar-refractivity contribution in [3.63, 3.8) is 0 Å². The van der Waals surface area contributed by atoms with Crippen LogP contribution in [-0.2, 0) is 6.42 Å². The standard InChI is InChI=1S/C20H19N3O3/c1-11-18-15(9-16(12-6-7-12)22-20(18)26-23-11)19(24)21-14-8-13-4-2-3-5-17(13)25-10-14/h2-5,9,12,14H,6-8,10H2,1H3,(H,21,24)/t14-/m0/s1. The molecule has 1 amide bonds. The van der Waals surface area contributed by atoms with E-state index in [4.69, 9.17) is 9.26 Å². The van der Waals surface area contributed by atoms with Crippen molar-refractivity contribution in [3.8, 4) is 5.75 Å². The number of pyridine rings is 1. The molecule has 2 aromatic heterocycles. The Kier molecular flexibility index (Phi) is 3.45. The number of aryl methyl sites for hydroxylation is 1. The summed E-state index contributed by atoms with van der Waals surface area (Å²) in [6.45, 7) is 2.30. The van der Waals surface area contributed by atoms with Gasteiger partial charge in [-0.25, -0.2) is 4.98 Å². The number of aromatic nitrogens is 2. The molecule has 5 rings (SSSR count). The molecule has 0 radical (unpaired) electrons. The summed E-state index contributed by atoms with van der Waals surface area (Å²) in [5, 5.41) is 7.80. The molecule has 1 aliphatic heterocycles. The molecule has 1 atom stereocenters. The second-order valence-corrected chi connectivity index (χ2v) is 7.11. The summed E-state index contributed by atoms with van der Waals surface area (Å²) in [6, 6.07) is 9.78. The summed E-state index contributed by atoms with van der Waals surface area (Å²) in [5.74, 6) is 1.20. The van der Waals surface area contributed by atoms with Crippen LogP contribution in [-0.4, -0.2) is 28.7 Å². The number of hydrogen-bond donors (Lipinski definition) is 1. The zero-order valence-corrected chi connectivity index (χ0v) is 14.5. The third-order valence-electron chi connectivity index (χ3n) is 5.09. The van der Waals surface area contributed by atoms with Gasteiger partial charge in [-0.1, -0.05) is 23.4 Å². The van der Waals surface area contributed by atoms with Gasteiger partial charge in [0, 0.05) is 11.6 Å². The monoisotopic (exact) mass is 349 g/mol. The Morgan fingerprint density at radius 3 is 2.96 bits per heavy atom. The van der Waals surface area contributed by atoms with Gasteiger partial charge >= 0.3 is 0 Å². The van der Waals surface area contributed by atoms with Crippen molar-refractivity contribution in [1.29, 1.82) is 0 Å². The van der Waals surface area contributed by atoms with E-state index in [-0.39, 0.29) is 11.9 Å². The Labute approximate surface area is 150 Å². The molecule has 1 aromatic carbocycles. The number of carbonyl (C=O) groups excluding carboxylic acids is 1. The van der Waals surface area contributed by atoms with E-state index in [2.05, 4.69) is 15.5 Å². The van der Waals surface area contributed by atoms with Gasteiger partial charge < -0.3 is 14.6 Å². The highest BCUT2D eigenvalue weighted by Gasteiger charge is 2.29. The van der Waals surface area contributed by atoms with E-state index in [1.54, 1.807) is 0 Å². The average molecular weight is 349 g/mol. The number of nitrogens with zero attached hydrogens (tertiary/aromatic N) is 2. The number of benzene rings is 1. The first-order valence-corrected chi connectivity index (χ1v) is 8.97. The molecule has 3 heterocycles. The van der Waals surface area contributed by atoms with Crippen LogP contribution >= 0.6 is 0 Å². The maximum atomic E-state index is 13.0. The smallest absolute Gasteiger partial charge is 0.259 e. The van der Waals surface area contributed by atoms with Crippen LogP contribution in [0.4, 0.5) is 0 Å². The fourth-order valence-corrected chi connectivity index (χ4v) is 3.56. The molecule has 6 heteroatoms. The lowest BCUT2D eigenvalue weighted by Crippen LogP contribution is -2.42. The van der Waals surface area contributed by atoms with Crippen LogP contribution in [0.2, 0.25) is 0 Å². The number of fused-ring (bicyclic) bond motifs is 2. The van der Waals surface area contributed by atoms with Gasteiger partial charge in [-0.2, -0.15) is 0 Å². The van der Waals surface area contributed by atoms with Gasteiger partial charge in [0.1, 0.15) is 12.4 Å². The molecule has 1 N–H and O–H groups in total. The first-order valence-electron chi connectivity index (χ1n) is 8.97. The van der Waals surface area contributed by atoms with Crippen molar-refractivity contribution in [2.24, 2.45) is 0 Å². The van der Waals surface area contributed by atoms with E-state index in [1.165, 1.54) is 0 Å². The Hall–Kier alpha value is -2.89. The lowest BCUT2D eigenvalue weighted by Gasteiger charge is -2.26. The molecule has 3 aromatic rings. The fourth-order valence-electron chi connectivity index (χ4n) is 3.56. The van der Waals surface area contributed by atoms with Gasteiger partial charge in [-0.05, 0) is 43.9 Å². The number of para-hydroxylation sites is 1. The van der Waals surface area contributed by atoms with E-state index < -0.39 is 0 Å². The summed E-state index contributed by atoms with van der Waals surface area (Å²) >= 11 is 0. The Morgan fingerprint density at radius 2 is 2.12 bits per heavy atom. The fraction of sp³-hybridized carbons (Fsp3) is 0.350. The molecule has 0 spiro atoms. The molecule has 1 fully saturated rings. The van der Waals surface area contributed by atoms with Crippen LogP contribution in [0.3, 0.4) is 0 Å².